The zero-order valence-corrected chi connectivity index (χ0v) is 12.0. The molecule has 0 bridgehead atoms. The zero-order valence-electron chi connectivity index (χ0n) is 10.5. The molecule has 0 saturated heterocycles. The van der Waals surface area contributed by atoms with Crippen molar-refractivity contribution in [1.82, 2.24) is 20.2 Å². The minimum Gasteiger partial charge on any atom is -0.399 e. The standard InChI is InChI=1S/C13H8Cl2FN5/c14-10-4-2-8(6-11(10)15)21-13(18-19-20-21)9-3-1-7(17)5-12(9)16/h1-6H,17H2. The number of anilines is 1. The van der Waals surface area contributed by atoms with Gasteiger partial charge in [0.15, 0.2) is 5.82 Å². The van der Waals surface area contributed by atoms with Crippen molar-refractivity contribution in [2.45, 2.75) is 0 Å². The van der Waals surface area contributed by atoms with Crippen molar-refractivity contribution < 1.29 is 4.39 Å². The fourth-order valence-corrected chi connectivity index (χ4v) is 2.15. The number of aromatic nitrogens is 4. The summed E-state index contributed by atoms with van der Waals surface area (Å²) in [6.45, 7) is 0. The number of hydrogen-bond donors (Lipinski definition) is 1. The van der Waals surface area contributed by atoms with Gasteiger partial charge in [-0.2, -0.15) is 4.68 Å². The second-order valence-electron chi connectivity index (χ2n) is 4.25. The van der Waals surface area contributed by atoms with Crippen molar-refractivity contribution >= 4 is 28.9 Å². The molecule has 1 aromatic heterocycles. The molecule has 0 aliphatic carbocycles. The SMILES string of the molecule is Nc1ccc(-c2nnnn2-c2ccc(Cl)c(Cl)c2)c(F)c1. The zero-order chi connectivity index (χ0) is 15.0. The Hall–Kier alpha value is -2.18. The minimum atomic E-state index is -0.508. The molecule has 21 heavy (non-hydrogen) atoms. The van der Waals surface area contributed by atoms with E-state index in [1.54, 1.807) is 24.3 Å². The predicted octanol–water partition coefficient (Wildman–Crippen LogP) is 3.36. The number of nitrogens with zero attached hydrogens (tertiary/aromatic N) is 4. The normalized spacial score (nSPS) is 10.8. The van der Waals surface area contributed by atoms with Gasteiger partial charge in [-0.3, -0.25) is 0 Å². The molecule has 2 aromatic carbocycles. The predicted molar refractivity (Wildman–Crippen MR) is 79.0 cm³/mol. The second kappa shape index (κ2) is 5.31. The second-order valence-corrected chi connectivity index (χ2v) is 5.07. The molecule has 3 rings (SSSR count). The Kier molecular flexibility index (Phi) is 3.48. The summed E-state index contributed by atoms with van der Waals surface area (Å²) in [6.07, 6.45) is 0. The third-order valence-corrected chi connectivity index (χ3v) is 3.59. The van der Waals surface area contributed by atoms with Crippen molar-refractivity contribution in [3.63, 3.8) is 0 Å². The lowest BCUT2D eigenvalue weighted by molar-refractivity contribution is 0.629. The van der Waals surface area contributed by atoms with E-state index in [4.69, 9.17) is 28.9 Å². The smallest absolute Gasteiger partial charge is 0.190 e. The molecule has 1 heterocycles. The molecular formula is C13H8Cl2FN5. The summed E-state index contributed by atoms with van der Waals surface area (Å²) in [4.78, 5) is 0. The first kappa shape index (κ1) is 13.8. The number of benzene rings is 2. The van der Waals surface area contributed by atoms with Gasteiger partial charge in [0.25, 0.3) is 0 Å². The third-order valence-electron chi connectivity index (χ3n) is 2.85. The van der Waals surface area contributed by atoms with Gasteiger partial charge in [-0.05, 0) is 46.8 Å². The number of nitrogen functional groups attached to an aromatic ring is 1. The van der Waals surface area contributed by atoms with Crippen molar-refractivity contribution in [3.05, 3.63) is 52.3 Å². The molecule has 0 aliphatic heterocycles. The highest BCUT2D eigenvalue weighted by Crippen LogP contribution is 2.27. The molecule has 3 aromatic rings. The number of hydrogen-bond acceptors (Lipinski definition) is 4. The maximum absolute atomic E-state index is 14.0. The van der Waals surface area contributed by atoms with Gasteiger partial charge in [0.2, 0.25) is 0 Å². The Balaban J connectivity index is 2.14. The summed E-state index contributed by atoms with van der Waals surface area (Å²) < 4.78 is 15.4. The van der Waals surface area contributed by atoms with Crippen LogP contribution in [-0.4, -0.2) is 20.2 Å². The van der Waals surface area contributed by atoms with E-state index in [-0.39, 0.29) is 11.4 Å². The Morgan fingerprint density at radius 3 is 2.57 bits per heavy atom. The Morgan fingerprint density at radius 1 is 1.05 bits per heavy atom. The molecule has 0 saturated carbocycles. The summed E-state index contributed by atoms with van der Waals surface area (Å²) in [5.74, 6) is -0.267. The molecule has 0 spiro atoms. The van der Waals surface area contributed by atoms with Gasteiger partial charge >= 0.3 is 0 Å². The highest BCUT2D eigenvalue weighted by Gasteiger charge is 2.15. The Bertz CT molecular complexity index is 818. The van der Waals surface area contributed by atoms with Gasteiger partial charge in [-0.1, -0.05) is 23.2 Å². The van der Waals surface area contributed by atoms with Crippen LogP contribution in [-0.2, 0) is 0 Å². The lowest BCUT2D eigenvalue weighted by Gasteiger charge is -2.07. The van der Waals surface area contributed by atoms with E-state index in [0.29, 0.717) is 21.4 Å². The van der Waals surface area contributed by atoms with Crippen LogP contribution in [0.3, 0.4) is 0 Å². The summed E-state index contributed by atoms with van der Waals surface area (Å²) in [5, 5.41) is 12.0. The van der Waals surface area contributed by atoms with Crippen LogP contribution >= 0.6 is 23.2 Å². The van der Waals surface area contributed by atoms with Gasteiger partial charge in [0, 0.05) is 5.69 Å². The summed E-state index contributed by atoms with van der Waals surface area (Å²) in [5.41, 5.74) is 6.67. The quantitative estimate of drug-likeness (QED) is 0.734. The summed E-state index contributed by atoms with van der Waals surface area (Å²) >= 11 is 11.9. The van der Waals surface area contributed by atoms with E-state index in [1.165, 1.54) is 16.8 Å². The molecule has 0 amide bonds. The molecule has 0 aliphatic rings. The topological polar surface area (TPSA) is 69.6 Å². The first-order valence-electron chi connectivity index (χ1n) is 5.85. The van der Waals surface area contributed by atoms with E-state index < -0.39 is 5.82 Å². The summed E-state index contributed by atoms with van der Waals surface area (Å²) in [6, 6.07) is 9.20. The van der Waals surface area contributed by atoms with E-state index >= 15 is 0 Å². The molecule has 0 unspecified atom stereocenters. The van der Waals surface area contributed by atoms with Crippen LogP contribution in [0.2, 0.25) is 10.0 Å². The molecule has 2 N–H and O–H groups in total. The van der Waals surface area contributed by atoms with Crippen molar-refractivity contribution in [3.8, 4) is 17.1 Å². The van der Waals surface area contributed by atoms with Crippen LogP contribution < -0.4 is 5.73 Å². The van der Waals surface area contributed by atoms with Crippen molar-refractivity contribution in [2.24, 2.45) is 0 Å². The van der Waals surface area contributed by atoms with E-state index in [1.807, 2.05) is 0 Å². The lowest BCUT2D eigenvalue weighted by Crippen LogP contribution is -2.01. The maximum atomic E-state index is 14.0. The molecule has 0 radical (unpaired) electrons. The monoisotopic (exact) mass is 323 g/mol. The van der Waals surface area contributed by atoms with Crippen molar-refractivity contribution in [1.29, 1.82) is 0 Å². The fourth-order valence-electron chi connectivity index (χ4n) is 1.86. The molecule has 0 atom stereocenters. The maximum Gasteiger partial charge on any atom is 0.190 e. The number of nitrogens with two attached hydrogens (primary N) is 1. The van der Waals surface area contributed by atoms with Crippen LogP contribution in [0.5, 0.6) is 0 Å². The first-order valence-corrected chi connectivity index (χ1v) is 6.61. The van der Waals surface area contributed by atoms with E-state index in [0.717, 1.165) is 0 Å². The van der Waals surface area contributed by atoms with Crippen LogP contribution in [0.1, 0.15) is 0 Å². The fraction of sp³-hybridized carbons (Fsp3) is 0. The average molecular weight is 324 g/mol. The van der Waals surface area contributed by atoms with Gasteiger partial charge < -0.3 is 5.73 Å². The average Bonchev–Trinajstić information content (AvgIpc) is 2.91. The van der Waals surface area contributed by atoms with Crippen LogP contribution in [0.25, 0.3) is 17.1 Å². The highest BCUT2D eigenvalue weighted by molar-refractivity contribution is 6.42. The van der Waals surface area contributed by atoms with Crippen LogP contribution in [0.15, 0.2) is 36.4 Å². The first-order chi connectivity index (χ1) is 10.1. The minimum absolute atomic E-state index is 0.236. The van der Waals surface area contributed by atoms with Gasteiger partial charge in [-0.25, -0.2) is 4.39 Å². The Morgan fingerprint density at radius 2 is 1.86 bits per heavy atom. The van der Waals surface area contributed by atoms with Crippen molar-refractivity contribution in [2.75, 3.05) is 5.73 Å². The summed E-state index contributed by atoms with van der Waals surface area (Å²) in [7, 11) is 0. The third kappa shape index (κ3) is 2.55. The van der Waals surface area contributed by atoms with Gasteiger partial charge in [-0.15, -0.1) is 5.10 Å². The van der Waals surface area contributed by atoms with Gasteiger partial charge in [0.1, 0.15) is 5.82 Å². The molecule has 8 heteroatoms. The number of halogens is 3. The molecule has 106 valence electrons. The van der Waals surface area contributed by atoms with Crippen LogP contribution in [0.4, 0.5) is 10.1 Å². The van der Waals surface area contributed by atoms with Crippen LogP contribution in [0, 0.1) is 5.82 Å². The highest BCUT2D eigenvalue weighted by atomic mass is 35.5. The number of tetrazole rings is 1. The molecular weight excluding hydrogens is 316 g/mol. The number of rotatable bonds is 2. The van der Waals surface area contributed by atoms with E-state index in [9.17, 15) is 4.39 Å². The molecule has 0 fully saturated rings. The van der Waals surface area contributed by atoms with Gasteiger partial charge in [0.05, 0.1) is 21.3 Å². The lowest BCUT2D eigenvalue weighted by atomic mass is 10.2. The Labute approximate surface area is 129 Å². The largest absolute Gasteiger partial charge is 0.399 e. The van der Waals surface area contributed by atoms with E-state index in [2.05, 4.69) is 15.5 Å². The molecule has 5 nitrogen and oxygen atoms in total.